The molecule has 266 valence electrons. The largest absolute Gasteiger partial charge is 0.489 e. The van der Waals surface area contributed by atoms with Crippen molar-refractivity contribution >= 4 is 46.1 Å². The molecule has 0 aromatic heterocycles. The van der Waals surface area contributed by atoms with Crippen LogP contribution in [0.4, 0.5) is 16.2 Å². The number of hydrogen-bond donors (Lipinski definition) is 1. The highest BCUT2D eigenvalue weighted by atomic mass is 16.5. The summed E-state index contributed by atoms with van der Waals surface area (Å²) in [4.78, 5) is 44.8. The van der Waals surface area contributed by atoms with Crippen molar-refractivity contribution in [3.63, 3.8) is 0 Å². The molecule has 2 atom stereocenters. The molecule has 3 heterocycles. The van der Waals surface area contributed by atoms with Gasteiger partial charge in [0.1, 0.15) is 17.9 Å². The summed E-state index contributed by atoms with van der Waals surface area (Å²) in [6.45, 7) is 4.34. The number of carbonyl (C=O) groups excluding carboxylic acids is 3. The van der Waals surface area contributed by atoms with Crippen LogP contribution in [0.2, 0.25) is 0 Å². The molecular formula is C47H39N3O4. The molecule has 0 aliphatic carbocycles. The number of benzene rings is 6. The van der Waals surface area contributed by atoms with Gasteiger partial charge >= 0.3 is 6.03 Å². The zero-order chi connectivity index (χ0) is 36.8. The van der Waals surface area contributed by atoms with Crippen molar-refractivity contribution in [2.45, 2.75) is 38.2 Å². The van der Waals surface area contributed by atoms with E-state index in [4.69, 9.17) is 4.74 Å². The average molecular weight is 710 g/mol. The third-order valence-corrected chi connectivity index (χ3v) is 11.2. The molecule has 6 aromatic carbocycles. The van der Waals surface area contributed by atoms with E-state index in [9.17, 15) is 14.4 Å². The molecule has 7 nitrogen and oxygen atoms in total. The number of nitrogens with zero attached hydrogens (tertiary/aromatic N) is 2. The van der Waals surface area contributed by atoms with E-state index in [1.165, 1.54) is 16.8 Å². The molecule has 1 fully saturated rings. The van der Waals surface area contributed by atoms with E-state index in [0.717, 1.165) is 63.9 Å². The first kappa shape index (κ1) is 33.4. The van der Waals surface area contributed by atoms with Crippen LogP contribution in [0.5, 0.6) is 5.75 Å². The summed E-state index contributed by atoms with van der Waals surface area (Å²) in [5.41, 5.74) is 9.05. The Labute approximate surface area is 314 Å². The number of barbiturate groups is 1. The molecule has 0 radical (unpaired) electrons. The summed E-state index contributed by atoms with van der Waals surface area (Å²) in [7, 11) is 0. The van der Waals surface area contributed by atoms with Crippen LogP contribution < -0.4 is 19.9 Å². The third kappa shape index (κ3) is 6.01. The van der Waals surface area contributed by atoms with Crippen LogP contribution in [0.25, 0.3) is 16.8 Å². The van der Waals surface area contributed by atoms with Crippen LogP contribution in [-0.4, -0.2) is 30.9 Å². The van der Waals surface area contributed by atoms with Gasteiger partial charge < -0.3 is 9.64 Å². The van der Waals surface area contributed by atoms with Crippen molar-refractivity contribution in [1.29, 1.82) is 0 Å². The second-order valence-electron chi connectivity index (χ2n) is 14.4. The van der Waals surface area contributed by atoms with Gasteiger partial charge in [0.15, 0.2) is 0 Å². The lowest BCUT2D eigenvalue weighted by atomic mass is 9.76. The second kappa shape index (κ2) is 13.8. The number of fused-ring (bicyclic) bond motifs is 1. The van der Waals surface area contributed by atoms with E-state index in [1.54, 1.807) is 6.08 Å². The molecule has 54 heavy (non-hydrogen) atoms. The van der Waals surface area contributed by atoms with Crippen molar-refractivity contribution < 1.29 is 19.1 Å². The number of nitrogens with one attached hydrogen (secondary N) is 1. The van der Waals surface area contributed by atoms with Crippen molar-refractivity contribution in [3.05, 3.63) is 178 Å². The van der Waals surface area contributed by atoms with Gasteiger partial charge in [-0.25, -0.2) is 9.69 Å². The lowest BCUT2D eigenvalue weighted by Gasteiger charge is -2.44. The Bertz CT molecular complexity index is 2380. The van der Waals surface area contributed by atoms with Crippen molar-refractivity contribution in [2.24, 2.45) is 0 Å². The van der Waals surface area contributed by atoms with Gasteiger partial charge in [-0.15, -0.1) is 0 Å². The van der Waals surface area contributed by atoms with Crippen molar-refractivity contribution in [2.75, 3.05) is 22.9 Å². The Hall–Kier alpha value is -6.47. The van der Waals surface area contributed by atoms with Crippen LogP contribution in [0, 0.1) is 6.92 Å². The number of urea groups is 1. The van der Waals surface area contributed by atoms with Gasteiger partial charge in [0.05, 0.1) is 5.69 Å². The van der Waals surface area contributed by atoms with Gasteiger partial charge in [-0.3, -0.25) is 14.9 Å². The van der Waals surface area contributed by atoms with E-state index < -0.39 is 17.8 Å². The van der Waals surface area contributed by atoms with Gasteiger partial charge in [0.25, 0.3) is 11.8 Å². The van der Waals surface area contributed by atoms with Crippen molar-refractivity contribution in [1.82, 2.24) is 5.32 Å². The average Bonchev–Trinajstić information content (AvgIpc) is 3.20. The number of aryl methyl sites for hydroxylation is 1. The van der Waals surface area contributed by atoms with E-state index >= 15 is 0 Å². The van der Waals surface area contributed by atoms with Crippen molar-refractivity contribution in [3.8, 4) is 5.75 Å². The van der Waals surface area contributed by atoms with E-state index in [0.29, 0.717) is 23.6 Å². The summed E-state index contributed by atoms with van der Waals surface area (Å²) >= 11 is 0. The van der Waals surface area contributed by atoms with Crippen LogP contribution in [-0.2, 0) is 16.2 Å². The maximum atomic E-state index is 14.3. The Morgan fingerprint density at radius 3 is 1.98 bits per heavy atom. The summed E-state index contributed by atoms with van der Waals surface area (Å²) in [5, 5.41) is 4.77. The Kier molecular flexibility index (Phi) is 8.54. The minimum absolute atomic E-state index is 0.0931. The fraction of sp³-hybridized carbons (Fsp3) is 0.170. The first-order valence-corrected chi connectivity index (χ1v) is 18.6. The van der Waals surface area contributed by atoms with E-state index in [2.05, 4.69) is 89.9 Å². The van der Waals surface area contributed by atoms with Crippen LogP contribution in [0.3, 0.4) is 0 Å². The number of amides is 4. The number of rotatable bonds is 7. The molecule has 0 bridgehead atoms. The quantitative estimate of drug-likeness (QED) is 0.132. The molecule has 0 spiro atoms. The Morgan fingerprint density at radius 1 is 0.722 bits per heavy atom. The van der Waals surface area contributed by atoms with Gasteiger partial charge in [0, 0.05) is 36.2 Å². The highest BCUT2D eigenvalue weighted by Crippen LogP contribution is 2.50. The molecule has 9 rings (SSSR count). The molecule has 3 aliphatic rings. The monoisotopic (exact) mass is 709 g/mol. The first-order chi connectivity index (χ1) is 26.4. The Balaban J connectivity index is 1.05. The molecule has 1 N–H and O–H groups in total. The zero-order valence-corrected chi connectivity index (χ0v) is 30.0. The van der Waals surface area contributed by atoms with Crippen LogP contribution in [0.15, 0.2) is 139 Å². The topological polar surface area (TPSA) is 79.0 Å². The van der Waals surface area contributed by atoms with E-state index in [1.807, 2.05) is 60.7 Å². The molecule has 1 saturated heterocycles. The minimum atomic E-state index is -0.752. The number of hydrogen-bond acceptors (Lipinski definition) is 5. The maximum Gasteiger partial charge on any atom is 0.335 e. The third-order valence-electron chi connectivity index (χ3n) is 11.2. The number of carbonyl (C=O) groups is 3. The highest BCUT2D eigenvalue weighted by Gasteiger charge is 2.40. The molecule has 6 aromatic rings. The lowest BCUT2D eigenvalue weighted by Crippen LogP contribution is -2.54. The van der Waals surface area contributed by atoms with Gasteiger partial charge in [-0.1, -0.05) is 109 Å². The summed E-state index contributed by atoms with van der Waals surface area (Å²) in [5.74, 6) is -0.522. The van der Waals surface area contributed by atoms with Gasteiger partial charge in [-0.2, -0.15) is 0 Å². The highest BCUT2D eigenvalue weighted by molar-refractivity contribution is 6.39. The van der Waals surface area contributed by atoms with E-state index in [-0.39, 0.29) is 17.4 Å². The Morgan fingerprint density at radius 2 is 1.33 bits per heavy atom. The molecular weight excluding hydrogens is 671 g/mol. The number of ether oxygens (including phenoxy) is 1. The zero-order valence-electron chi connectivity index (χ0n) is 30.0. The predicted octanol–water partition coefficient (Wildman–Crippen LogP) is 9.27. The SMILES string of the molecule is Cc1ccc2ccccc2c1COc1ccc(/C=C2\C(=O)NC(=O)N(c3cc4c5c(c3)[C@H](c3ccccc3)CCN5CC[C@H]4c3ccccc3)C2=O)cc1. The fourth-order valence-electron chi connectivity index (χ4n) is 8.48. The standard InChI is InChI=1S/C47H39N3O4/c1-30-16-19-34-14-8-9-15-37(34)43(30)29-54-36-20-17-31(18-21-36)26-42-45(51)48-47(53)50(46(42)52)35-27-40-38(32-10-4-2-5-11-32)22-24-49-25-23-39(41(28-35)44(40)49)33-12-6-3-7-13-33/h2-21,26-28,38-39H,22-25,29H2,1H3,(H,48,51,53)/b42-26+/t38-,39-/m0/s1. The number of anilines is 2. The molecule has 0 unspecified atom stereocenters. The van der Waals surface area contributed by atoms with Gasteiger partial charge in [0.2, 0.25) is 0 Å². The first-order valence-electron chi connectivity index (χ1n) is 18.6. The maximum absolute atomic E-state index is 14.3. The molecule has 0 saturated carbocycles. The second-order valence-corrected chi connectivity index (χ2v) is 14.4. The molecule has 7 heteroatoms. The summed E-state index contributed by atoms with van der Waals surface area (Å²) < 4.78 is 6.19. The minimum Gasteiger partial charge on any atom is -0.489 e. The molecule has 3 aliphatic heterocycles. The summed E-state index contributed by atoms with van der Waals surface area (Å²) in [6, 6.07) is 43.8. The lowest BCUT2D eigenvalue weighted by molar-refractivity contribution is -0.122. The molecule has 4 amide bonds. The summed E-state index contributed by atoms with van der Waals surface area (Å²) in [6.07, 6.45) is 3.38. The number of imide groups is 2. The van der Waals surface area contributed by atoms with Crippen LogP contribution >= 0.6 is 0 Å². The fourth-order valence-corrected chi connectivity index (χ4v) is 8.48. The van der Waals surface area contributed by atoms with Crippen LogP contribution in [0.1, 0.15) is 63.6 Å². The predicted molar refractivity (Wildman–Crippen MR) is 213 cm³/mol. The smallest absolute Gasteiger partial charge is 0.335 e. The normalized spacial score (nSPS) is 18.8. The van der Waals surface area contributed by atoms with Gasteiger partial charge in [-0.05, 0) is 94.3 Å².